The van der Waals surface area contributed by atoms with E-state index in [9.17, 15) is 21.6 Å². The van der Waals surface area contributed by atoms with Gasteiger partial charge in [0.1, 0.15) is 5.75 Å². The van der Waals surface area contributed by atoms with Crippen LogP contribution >= 0.6 is 0 Å². The maximum absolute atomic E-state index is 12.7. The van der Waals surface area contributed by atoms with E-state index in [4.69, 9.17) is 4.74 Å². The minimum atomic E-state index is -3.29. The van der Waals surface area contributed by atoms with Gasteiger partial charge in [-0.05, 0) is 43.9 Å². The number of amides is 1. The second-order valence-corrected chi connectivity index (χ2v) is 11.8. The molecule has 0 N–H and O–H groups in total. The molecule has 1 aromatic rings. The summed E-state index contributed by atoms with van der Waals surface area (Å²) in [4.78, 5) is 14.6. The second kappa shape index (κ2) is 10.6. The third-order valence-corrected chi connectivity index (χ3v) is 8.26. The highest BCUT2D eigenvalue weighted by Crippen LogP contribution is 2.22. The zero-order valence-electron chi connectivity index (χ0n) is 17.9. The number of carbonyl (C=O) groups excluding carboxylic acids is 1. The van der Waals surface area contributed by atoms with Crippen molar-refractivity contribution in [2.45, 2.75) is 37.5 Å². The number of benzene rings is 1. The molecule has 0 spiro atoms. The number of carbonyl (C=O) groups is 1. The summed E-state index contributed by atoms with van der Waals surface area (Å²) in [6, 6.07) is 6.32. The molecule has 170 valence electrons. The molecule has 1 fully saturated rings. The average molecular weight is 461 g/mol. The fourth-order valence-electron chi connectivity index (χ4n) is 3.49. The lowest BCUT2D eigenvalue weighted by molar-refractivity contribution is -0.135. The van der Waals surface area contributed by atoms with Gasteiger partial charge in [0.25, 0.3) is 0 Å². The Bertz CT molecular complexity index is 930. The molecular formula is C20H32N2O6S2. The van der Waals surface area contributed by atoms with Crippen molar-refractivity contribution < 1.29 is 26.4 Å². The summed E-state index contributed by atoms with van der Waals surface area (Å²) >= 11 is 0. The first-order valence-corrected chi connectivity index (χ1v) is 13.7. The van der Waals surface area contributed by atoms with Gasteiger partial charge in [-0.3, -0.25) is 4.79 Å². The van der Waals surface area contributed by atoms with Crippen LogP contribution in [0.4, 0.5) is 0 Å². The molecule has 0 aliphatic carbocycles. The van der Waals surface area contributed by atoms with Crippen LogP contribution in [0.15, 0.2) is 29.2 Å². The number of hydrogen-bond acceptors (Lipinski definition) is 6. The molecule has 0 saturated carbocycles. The van der Waals surface area contributed by atoms with E-state index in [2.05, 4.69) is 0 Å². The summed E-state index contributed by atoms with van der Waals surface area (Å²) in [5.41, 5.74) is 0. The van der Waals surface area contributed by atoms with E-state index in [-0.39, 0.29) is 29.0 Å². The van der Waals surface area contributed by atoms with Gasteiger partial charge in [-0.15, -0.1) is 0 Å². The Hall–Kier alpha value is -1.65. The lowest BCUT2D eigenvalue weighted by atomic mass is 9.98. The van der Waals surface area contributed by atoms with Crippen molar-refractivity contribution in [3.8, 4) is 5.75 Å². The van der Waals surface area contributed by atoms with Crippen LogP contribution in [-0.4, -0.2) is 77.2 Å². The Kier molecular flexibility index (Phi) is 8.69. The van der Waals surface area contributed by atoms with Gasteiger partial charge < -0.3 is 9.64 Å². The molecule has 1 aliphatic heterocycles. The van der Waals surface area contributed by atoms with Gasteiger partial charge in [-0.2, -0.15) is 0 Å². The first kappa shape index (κ1) is 24.6. The van der Waals surface area contributed by atoms with Crippen molar-refractivity contribution in [2.75, 3.05) is 45.3 Å². The normalized spacial score (nSPS) is 18.2. The Morgan fingerprint density at radius 2 is 2.00 bits per heavy atom. The minimum Gasteiger partial charge on any atom is -0.493 e. The number of piperidine rings is 1. The first-order chi connectivity index (χ1) is 14.0. The maximum Gasteiger partial charge on any atom is 0.226 e. The second-order valence-electron chi connectivity index (χ2n) is 7.72. The smallest absolute Gasteiger partial charge is 0.226 e. The van der Waals surface area contributed by atoms with Crippen LogP contribution in [0.3, 0.4) is 0 Å². The van der Waals surface area contributed by atoms with E-state index in [0.29, 0.717) is 51.1 Å². The SMILES string of the molecule is CCCS(=O)(=O)N1CCCC(C(=O)N(C)CCCOc2cccc(S(C)(=O)=O)c2)C1. The number of hydrogen-bond donors (Lipinski definition) is 0. The van der Waals surface area contributed by atoms with Gasteiger partial charge in [0.2, 0.25) is 15.9 Å². The zero-order valence-corrected chi connectivity index (χ0v) is 19.5. The Morgan fingerprint density at radius 3 is 2.67 bits per heavy atom. The van der Waals surface area contributed by atoms with Gasteiger partial charge in [0.05, 0.1) is 23.2 Å². The number of rotatable bonds is 10. The molecule has 1 amide bonds. The van der Waals surface area contributed by atoms with Crippen LogP contribution in [0.25, 0.3) is 0 Å². The number of sulfonamides is 1. The van der Waals surface area contributed by atoms with Crippen molar-refractivity contribution in [3.63, 3.8) is 0 Å². The molecule has 30 heavy (non-hydrogen) atoms. The quantitative estimate of drug-likeness (QED) is 0.493. The van der Waals surface area contributed by atoms with Gasteiger partial charge >= 0.3 is 0 Å². The highest BCUT2D eigenvalue weighted by Gasteiger charge is 2.32. The van der Waals surface area contributed by atoms with Crippen molar-refractivity contribution in [1.29, 1.82) is 0 Å². The van der Waals surface area contributed by atoms with Crippen LogP contribution < -0.4 is 4.74 Å². The molecule has 1 aliphatic rings. The van der Waals surface area contributed by atoms with Crippen LogP contribution in [0.2, 0.25) is 0 Å². The summed E-state index contributed by atoms with van der Waals surface area (Å²) in [6.45, 7) is 3.38. The molecule has 1 saturated heterocycles. The molecule has 0 bridgehead atoms. The van der Waals surface area contributed by atoms with Crippen LogP contribution in [0.5, 0.6) is 5.75 Å². The molecule has 1 heterocycles. The predicted octanol–water partition coefficient (Wildman–Crippen LogP) is 1.77. The molecule has 1 unspecified atom stereocenters. The average Bonchev–Trinajstić information content (AvgIpc) is 2.70. The largest absolute Gasteiger partial charge is 0.493 e. The van der Waals surface area contributed by atoms with Gasteiger partial charge in [-0.25, -0.2) is 21.1 Å². The molecule has 1 atom stereocenters. The summed E-state index contributed by atoms with van der Waals surface area (Å²) in [6.07, 6.45) is 3.66. The maximum atomic E-state index is 12.7. The van der Waals surface area contributed by atoms with Crippen molar-refractivity contribution in [1.82, 2.24) is 9.21 Å². The Labute approximate surface area is 180 Å². The van der Waals surface area contributed by atoms with Crippen LogP contribution in [0, 0.1) is 5.92 Å². The number of ether oxygens (including phenoxy) is 1. The molecule has 0 radical (unpaired) electrons. The van der Waals surface area contributed by atoms with E-state index >= 15 is 0 Å². The van der Waals surface area contributed by atoms with Crippen molar-refractivity contribution in [2.24, 2.45) is 5.92 Å². The lowest BCUT2D eigenvalue weighted by Crippen LogP contribution is -2.46. The molecule has 2 rings (SSSR count). The van der Waals surface area contributed by atoms with E-state index in [0.717, 1.165) is 6.26 Å². The zero-order chi connectivity index (χ0) is 22.4. The third kappa shape index (κ3) is 6.95. The first-order valence-electron chi connectivity index (χ1n) is 10.2. The summed E-state index contributed by atoms with van der Waals surface area (Å²) < 4.78 is 54.9. The molecule has 10 heteroatoms. The minimum absolute atomic E-state index is 0.0505. The summed E-state index contributed by atoms with van der Waals surface area (Å²) in [7, 11) is -4.87. The molecule has 8 nitrogen and oxygen atoms in total. The lowest BCUT2D eigenvalue weighted by Gasteiger charge is -2.33. The van der Waals surface area contributed by atoms with E-state index < -0.39 is 19.9 Å². The summed E-state index contributed by atoms with van der Waals surface area (Å²) in [5, 5.41) is 0. The molecule has 1 aromatic carbocycles. The Balaban J connectivity index is 1.82. The number of sulfone groups is 1. The topological polar surface area (TPSA) is 101 Å². The van der Waals surface area contributed by atoms with Gasteiger partial charge in [0.15, 0.2) is 9.84 Å². The van der Waals surface area contributed by atoms with Crippen LogP contribution in [-0.2, 0) is 24.7 Å². The standard InChI is InChI=1S/C20H32N2O6S2/c1-4-14-30(26,27)22-12-6-8-17(16-22)20(23)21(2)11-7-13-28-18-9-5-10-19(15-18)29(3,24)25/h5,9-10,15,17H,4,6-8,11-14,16H2,1-3H3. The number of nitrogens with zero attached hydrogens (tertiary/aromatic N) is 2. The highest BCUT2D eigenvalue weighted by atomic mass is 32.2. The summed E-state index contributed by atoms with van der Waals surface area (Å²) in [5.74, 6) is 0.214. The van der Waals surface area contributed by atoms with Crippen LogP contribution in [0.1, 0.15) is 32.6 Å². The fraction of sp³-hybridized carbons (Fsp3) is 0.650. The van der Waals surface area contributed by atoms with Gasteiger partial charge in [0, 0.05) is 32.9 Å². The van der Waals surface area contributed by atoms with E-state index in [1.165, 1.54) is 16.4 Å². The highest BCUT2D eigenvalue weighted by molar-refractivity contribution is 7.90. The van der Waals surface area contributed by atoms with E-state index in [1.807, 2.05) is 6.92 Å². The van der Waals surface area contributed by atoms with Crippen molar-refractivity contribution >= 4 is 25.8 Å². The van der Waals surface area contributed by atoms with Crippen molar-refractivity contribution in [3.05, 3.63) is 24.3 Å². The predicted molar refractivity (Wildman–Crippen MR) is 116 cm³/mol. The fourth-order valence-corrected chi connectivity index (χ4v) is 5.74. The molecular weight excluding hydrogens is 428 g/mol. The monoisotopic (exact) mass is 460 g/mol. The third-order valence-electron chi connectivity index (χ3n) is 5.11. The van der Waals surface area contributed by atoms with Gasteiger partial charge in [-0.1, -0.05) is 13.0 Å². The van der Waals surface area contributed by atoms with E-state index in [1.54, 1.807) is 24.1 Å². The Morgan fingerprint density at radius 1 is 1.27 bits per heavy atom. The molecule has 0 aromatic heterocycles.